The first-order valence-corrected chi connectivity index (χ1v) is 7.22. The Bertz CT molecular complexity index is 578. The molecule has 0 spiro atoms. The van der Waals surface area contributed by atoms with Crippen molar-refractivity contribution in [1.82, 2.24) is 5.32 Å². The molecule has 0 saturated carbocycles. The molecule has 0 fully saturated rings. The predicted molar refractivity (Wildman–Crippen MR) is 85.9 cm³/mol. The van der Waals surface area contributed by atoms with Crippen LogP contribution in [0.4, 0.5) is 0 Å². The van der Waals surface area contributed by atoms with E-state index in [0.29, 0.717) is 6.42 Å². The minimum Gasteiger partial charge on any atom is -0.348 e. The van der Waals surface area contributed by atoms with Gasteiger partial charge < -0.3 is 11.1 Å². The summed E-state index contributed by atoms with van der Waals surface area (Å²) in [6.45, 7) is 4.01. The van der Waals surface area contributed by atoms with E-state index in [9.17, 15) is 4.79 Å². The van der Waals surface area contributed by atoms with E-state index in [1.54, 1.807) is 0 Å². The molecule has 0 aliphatic rings. The van der Waals surface area contributed by atoms with Gasteiger partial charge in [-0.1, -0.05) is 60.2 Å². The zero-order valence-electron chi connectivity index (χ0n) is 12.5. The van der Waals surface area contributed by atoms with Crippen LogP contribution < -0.4 is 11.1 Å². The minimum absolute atomic E-state index is 0.0417. The van der Waals surface area contributed by atoms with E-state index in [4.69, 9.17) is 5.73 Å². The van der Waals surface area contributed by atoms with E-state index in [1.165, 1.54) is 5.56 Å². The maximum Gasteiger partial charge on any atom is 0.237 e. The smallest absolute Gasteiger partial charge is 0.237 e. The molecule has 0 saturated heterocycles. The predicted octanol–water partition coefficient (Wildman–Crippen LogP) is 2.74. The Morgan fingerprint density at radius 3 is 2.33 bits per heavy atom. The molecule has 0 aliphatic carbocycles. The second kappa shape index (κ2) is 7.04. The Morgan fingerprint density at radius 1 is 1.10 bits per heavy atom. The first-order valence-electron chi connectivity index (χ1n) is 7.22. The Morgan fingerprint density at radius 2 is 1.71 bits per heavy atom. The van der Waals surface area contributed by atoms with Crippen LogP contribution in [-0.4, -0.2) is 11.9 Å². The molecule has 2 aromatic carbocycles. The largest absolute Gasteiger partial charge is 0.348 e. The molecule has 3 heteroatoms. The van der Waals surface area contributed by atoms with Crippen molar-refractivity contribution in [1.29, 1.82) is 0 Å². The fourth-order valence-corrected chi connectivity index (χ4v) is 2.22. The Hall–Kier alpha value is -2.13. The van der Waals surface area contributed by atoms with Crippen molar-refractivity contribution in [2.45, 2.75) is 32.4 Å². The Labute approximate surface area is 126 Å². The molecular weight excluding hydrogens is 260 g/mol. The van der Waals surface area contributed by atoms with Crippen molar-refractivity contribution >= 4 is 5.91 Å². The van der Waals surface area contributed by atoms with Gasteiger partial charge in [0.25, 0.3) is 0 Å². The van der Waals surface area contributed by atoms with Gasteiger partial charge in [-0.3, -0.25) is 4.79 Å². The van der Waals surface area contributed by atoms with E-state index in [2.05, 4.69) is 5.32 Å². The number of nitrogens with two attached hydrogens (primary N) is 1. The van der Waals surface area contributed by atoms with E-state index in [0.717, 1.165) is 11.1 Å². The van der Waals surface area contributed by atoms with E-state index in [1.807, 2.05) is 68.4 Å². The van der Waals surface area contributed by atoms with E-state index >= 15 is 0 Å². The number of benzene rings is 2. The average molecular weight is 282 g/mol. The molecule has 3 N–H and O–H groups in total. The number of hydrogen-bond acceptors (Lipinski definition) is 2. The van der Waals surface area contributed by atoms with Crippen LogP contribution in [0.3, 0.4) is 0 Å². The zero-order valence-corrected chi connectivity index (χ0v) is 12.5. The molecule has 2 atom stereocenters. The van der Waals surface area contributed by atoms with Crippen LogP contribution in [0, 0.1) is 6.92 Å². The average Bonchev–Trinajstić information content (AvgIpc) is 2.48. The summed E-state index contributed by atoms with van der Waals surface area (Å²) in [5.41, 5.74) is 9.35. The zero-order chi connectivity index (χ0) is 15.2. The van der Waals surface area contributed by atoms with Gasteiger partial charge >= 0.3 is 0 Å². The van der Waals surface area contributed by atoms with Crippen LogP contribution in [0.2, 0.25) is 0 Å². The topological polar surface area (TPSA) is 55.1 Å². The third kappa shape index (κ3) is 4.43. The number of amides is 1. The monoisotopic (exact) mass is 282 g/mol. The normalized spacial score (nSPS) is 13.5. The first-order chi connectivity index (χ1) is 10.1. The molecule has 110 valence electrons. The van der Waals surface area contributed by atoms with Gasteiger partial charge in [0.1, 0.15) is 0 Å². The minimum atomic E-state index is -0.528. The highest BCUT2D eigenvalue weighted by Gasteiger charge is 2.16. The summed E-state index contributed by atoms with van der Waals surface area (Å²) in [5.74, 6) is -0.119. The van der Waals surface area contributed by atoms with Crippen molar-refractivity contribution in [2.24, 2.45) is 5.73 Å². The molecule has 1 amide bonds. The summed E-state index contributed by atoms with van der Waals surface area (Å²) in [7, 11) is 0. The molecule has 0 aliphatic heterocycles. The summed E-state index contributed by atoms with van der Waals surface area (Å²) in [6, 6.07) is 17.4. The molecule has 2 rings (SSSR count). The number of carbonyl (C=O) groups excluding carboxylic acids is 1. The first kappa shape index (κ1) is 15.3. The lowest BCUT2D eigenvalue weighted by Gasteiger charge is -2.18. The highest BCUT2D eigenvalue weighted by atomic mass is 16.2. The molecule has 3 nitrogen and oxygen atoms in total. The molecule has 0 aromatic heterocycles. The second-order valence-electron chi connectivity index (χ2n) is 5.44. The van der Waals surface area contributed by atoms with Crippen LogP contribution in [0.15, 0.2) is 54.6 Å². The molecular formula is C18H22N2O. The maximum absolute atomic E-state index is 12.2. The van der Waals surface area contributed by atoms with Gasteiger partial charge in [0, 0.05) is 0 Å². The van der Waals surface area contributed by atoms with Crippen LogP contribution in [0.5, 0.6) is 0 Å². The van der Waals surface area contributed by atoms with Gasteiger partial charge in [-0.05, 0) is 31.4 Å². The number of hydrogen-bond donors (Lipinski definition) is 2. The van der Waals surface area contributed by atoms with Gasteiger partial charge in [-0.2, -0.15) is 0 Å². The SMILES string of the molecule is Cc1ccc([C@@H](C)NC(=O)[C@@H](N)Cc2ccccc2)cc1. The molecule has 0 heterocycles. The van der Waals surface area contributed by atoms with E-state index < -0.39 is 6.04 Å². The highest BCUT2D eigenvalue weighted by Crippen LogP contribution is 2.13. The van der Waals surface area contributed by atoms with Gasteiger partial charge in [-0.15, -0.1) is 0 Å². The summed E-state index contributed by atoms with van der Waals surface area (Å²) in [6.07, 6.45) is 0.549. The fourth-order valence-electron chi connectivity index (χ4n) is 2.22. The van der Waals surface area contributed by atoms with Crippen LogP contribution >= 0.6 is 0 Å². The molecule has 2 aromatic rings. The quantitative estimate of drug-likeness (QED) is 0.886. The maximum atomic E-state index is 12.2. The highest BCUT2D eigenvalue weighted by molar-refractivity contribution is 5.82. The van der Waals surface area contributed by atoms with E-state index in [-0.39, 0.29) is 11.9 Å². The standard InChI is InChI=1S/C18H22N2O/c1-13-8-10-16(11-9-13)14(2)20-18(21)17(19)12-15-6-4-3-5-7-15/h3-11,14,17H,12,19H2,1-2H3,(H,20,21)/t14-,17+/m1/s1. The van der Waals surface area contributed by atoms with Crippen molar-refractivity contribution < 1.29 is 4.79 Å². The summed E-state index contributed by atoms with van der Waals surface area (Å²) >= 11 is 0. The van der Waals surface area contributed by atoms with Crippen LogP contribution in [-0.2, 0) is 11.2 Å². The van der Waals surface area contributed by atoms with Gasteiger partial charge in [-0.25, -0.2) is 0 Å². The molecule has 0 radical (unpaired) electrons. The molecule has 0 unspecified atom stereocenters. The summed E-state index contributed by atoms with van der Waals surface area (Å²) in [5, 5.41) is 2.97. The van der Waals surface area contributed by atoms with Crippen molar-refractivity contribution in [3.63, 3.8) is 0 Å². The van der Waals surface area contributed by atoms with Crippen molar-refractivity contribution in [3.05, 3.63) is 71.3 Å². The summed E-state index contributed by atoms with van der Waals surface area (Å²) in [4.78, 5) is 12.2. The number of carbonyl (C=O) groups is 1. The Balaban J connectivity index is 1.92. The Kier molecular flexibility index (Phi) is 5.12. The number of nitrogens with one attached hydrogen (secondary N) is 1. The van der Waals surface area contributed by atoms with Gasteiger partial charge in [0.15, 0.2) is 0 Å². The van der Waals surface area contributed by atoms with Crippen LogP contribution in [0.1, 0.15) is 29.7 Å². The lowest BCUT2D eigenvalue weighted by atomic mass is 10.0. The number of rotatable bonds is 5. The van der Waals surface area contributed by atoms with Crippen molar-refractivity contribution in [3.8, 4) is 0 Å². The third-order valence-corrected chi connectivity index (χ3v) is 3.57. The van der Waals surface area contributed by atoms with Gasteiger partial charge in [0.05, 0.1) is 12.1 Å². The fraction of sp³-hybridized carbons (Fsp3) is 0.278. The van der Waals surface area contributed by atoms with Crippen LogP contribution in [0.25, 0.3) is 0 Å². The summed E-state index contributed by atoms with van der Waals surface area (Å²) < 4.78 is 0. The lowest BCUT2D eigenvalue weighted by Crippen LogP contribution is -2.42. The lowest BCUT2D eigenvalue weighted by molar-refractivity contribution is -0.123. The van der Waals surface area contributed by atoms with Gasteiger partial charge in [0.2, 0.25) is 5.91 Å². The number of aryl methyl sites for hydroxylation is 1. The molecule has 0 bridgehead atoms. The molecule has 21 heavy (non-hydrogen) atoms. The van der Waals surface area contributed by atoms with Crippen molar-refractivity contribution in [2.75, 3.05) is 0 Å². The third-order valence-electron chi connectivity index (χ3n) is 3.57. The second-order valence-corrected chi connectivity index (χ2v) is 5.44.